The van der Waals surface area contributed by atoms with E-state index in [4.69, 9.17) is 31.8 Å². The third-order valence-electron chi connectivity index (χ3n) is 8.18. The van der Waals surface area contributed by atoms with Gasteiger partial charge in [0.05, 0.1) is 10.9 Å². The summed E-state index contributed by atoms with van der Waals surface area (Å²) in [6.07, 6.45) is 6.95. The molecule has 2 aromatic rings. The zero-order chi connectivity index (χ0) is 23.4. The first-order valence-electron chi connectivity index (χ1n) is 12.0. The van der Waals surface area contributed by atoms with E-state index >= 15 is 4.39 Å². The summed E-state index contributed by atoms with van der Waals surface area (Å²) < 4.78 is 26.6. The standard InChI is InChI=1S/C23H28ClFN6O3/c24-19-16(25)17-15(9-27-19)20(30-10-13-3-4-14(11-30)18(13)34-21(26)32)29-22(28-17)33-12-23-5-1-7-31(23)8-2-6-23/h9,13-14,18H,1-8,10-12H2,(H2,26,32). The number of nitrogens with two attached hydrogens (primary N) is 1. The van der Waals surface area contributed by atoms with Gasteiger partial charge in [0.1, 0.15) is 24.0 Å². The van der Waals surface area contributed by atoms with Crippen LogP contribution in [0.5, 0.6) is 6.01 Å². The molecule has 4 aliphatic rings. The van der Waals surface area contributed by atoms with Crippen molar-refractivity contribution in [3.05, 3.63) is 17.2 Å². The number of pyridine rings is 1. The number of hydrogen-bond donors (Lipinski definition) is 1. The van der Waals surface area contributed by atoms with Crippen LogP contribution in [0.3, 0.4) is 0 Å². The van der Waals surface area contributed by atoms with Gasteiger partial charge >= 0.3 is 12.1 Å². The molecule has 3 saturated heterocycles. The van der Waals surface area contributed by atoms with Crippen LogP contribution >= 0.6 is 11.6 Å². The van der Waals surface area contributed by atoms with E-state index in [1.54, 1.807) is 0 Å². The van der Waals surface area contributed by atoms with Crippen molar-refractivity contribution in [1.82, 2.24) is 19.9 Å². The maximum absolute atomic E-state index is 15.0. The molecule has 4 fully saturated rings. The second-order valence-corrected chi connectivity index (χ2v) is 10.4. The van der Waals surface area contributed by atoms with E-state index < -0.39 is 11.9 Å². The second-order valence-electron chi connectivity index (χ2n) is 10.1. The minimum absolute atomic E-state index is 0.0243. The molecular weight excluding hydrogens is 463 g/mol. The Morgan fingerprint density at radius 3 is 2.59 bits per heavy atom. The Labute approximate surface area is 201 Å². The predicted molar refractivity (Wildman–Crippen MR) is 123 cm³/mol. The maximum Gasteiger partial charge on any atom is 0.404 e. The molecule has 1 saturated carbocycles. The quantitative estimate of drug-likeness (QED) is 0.637. The van der Waals surface area contributed by atoms with E-state index in [1.807, 2.05) is 0 Å². The molecule has 0 radical (unpaired) electrons. The van der Waals surface area contributed by atoms with Gasteiger partial charge in [-0.05, 0) is 51.6 Å². The van der Waals surface area contributed by atoms with Crippen molar-refractivity contribution in [2.45, 2.75) is 50.2 Å². The molecule has 34 heavy (non-hydrogen) atoms. The molecule has 2 atom stereocenters. The average Bonchev–Trinajstić information content (AvgIpc) is 3.44. The molecule has 11 heteroatoms. The summed E-state index contributed by atoms with van der Waals surface area (Å²) in [5.74, 6) is 0.166. The molecule has 0 aromatic carbocycles. The number of nitrogens with zero attached hydrogens (tertiary/aromatic N) is 5. The fourth-order valence-corrected chi connectivity index (χ4v) is 6.78. The van der Waals surface area contributed by atoms with E-state index in [0.29, 0.717) is 30.9 Å². The van der Waals surface area contributed by atoms with Gasteiger partial charge in [-0.25, -0.2) is 14.2 Å². The normalized spacial score (nSPS) is 27.8. The van der Waals surface area contributed by atoms with E-state index in [0.717, 1.165) is 51.6 Å². The summed E-state index contributed by atoms with van der Waals surface area (Å²) in [6, 6.07) is 0.152. The summed E-state index contributed by atoms with van der Waals surface area (Å²) in [5, 5.41) is 0.262. The fourth-order valence-electron chi connectivity index (χ4n) is 6.64. The molecular formula is C23H28ClFN6O3. The lowest BCUT2D eigenvalue weighted by molar-refractivity contribution is 0.0485. The summed E-state index contributed by atoms with van der Waals surface area (Å²) in [4.78, 5) is 29.1. The third-order valence-corrected chi connectivity index (χ3v) is 8.44. The minimum atomic E-state index is -0.744. The summed E-state index contributed by atoms with van der Waals surface area (Å²) in [7, 11) is 0. The molecule has 6 rings (SSSR count). The monoisotopic (exact) mass is 490 g/mol. The largest absolute Gasteiger partial charge is 0.461 e. The average molecular weight is 491 g/mol. The molecule has 1 aliphatic carbocycles. The van der Waals surface area contributed by atoms with Gasteiger partial charge in [-0.3, -0.25) is 4.90 Å². The zero-order valence-corrected chi connectivity index (χ0v) is 19.6. The highest BCUT2D eigenvalue weighted by Crippen LogP contribution is 2.42. The van der Waals surface area contributed by atoms with Crippen molar-refractivity contribution in [2.24, 2.45) is 17.6 Å². The number of anilines is 1. The smallest absolute Gasteiger partial charge is 0.404 e. The first kappa shape index (κ1) is 22.0. The summed E-state index contributed by atoms with van der Waals surface area (Å²) in [6.45, 7) is 3.89. The van der Waals surface area contributed by atoms with E-state index in [2.05, 4.69) is 19.8 Å². The molecule has 9 nitrogen and oxygen atoms in total. The van der Waals surface area contributed by atoms with Crippen LogP contribution in [0.25, 0.3) is 10.9 Å². The number of halogens is 2. The Balaban J connectivity index is 1.33. The number of carbonyl (C=O) groups excluding carboxylic acids is 1. The Bertz CT molecular complexity index is 1110. The van der Waals surface area contributed by atoms with Crippen LogP contribution < -0.4 is 15.4 Å². The van der Waals surface area contributed by atoms with E-state index in [-0.39, 0.29) is 40.2 Å². The number of amides is 1. The zero-order valence-electron chi connectivity index (χ0n) is 18.9. The number of rotatable bonds is 5. The van der Waals surface area contributed by atoms with Gasteiger partial charge in [-0.15, -0.1) is 0 Å². The number of piperidine rings is 1. The fraction of sp³-hybridized carbons (Fsp3) is 0.652. The van der Waals surface area contributed by atoms with Gasteiger partial charge < -0.3 is 20.1 Å². The molecule has 2 aromatic heterocycles. The molecule has 3 aliphatic heterocycles. The predicted octanol–water partition coefficient (Wildman–Crippen LogP) is 3.13. The molecule has 2 bridgehead atoms. The van der Waals surface area contributed by atoms with Gasteiger partial charge in [0, 0.05) is 31.1 Å². The van der Waals surface area contributed by atoms with E-state index in [9.17, 15) is 4.79 Å². The van der Waals surface area contributed by atoms with Gasteiger partial charge in [-0.1, -0.05) is 11.6 Å². The molecule has 2 N–H and O–H groups in total. The Morgan fingerprint density at radius 1 is 1.21 bits per heavy atom. The molecule has 5 heterocycles. The first-order chi connectivity index (χ1) is 16.4. The molecule has 0 spiro atoms. The Hall–Kier alpha value is -2.46. The third kappa shape index (κ3) is 3.62. The molecule has 182 valence electrons. The first-order valence-corrected chi connectivity index (χ1v) is 12.4. The van der Waals surface area contributed by atoms with Crippen LogP contribution in [0, 0.1) is 17.7 Å². The van der Waals surface area contributed by atoms with Crippen molar-refractivity contribution in [2.75, 3.05) is 37.7 Å². The lowest BCUT2D eigenvalue weighted by Gasteiger charge is -2.38. The van der Waals surface area contributed by atoms with Crippen LogP contribution in [0.4, 0.5) is 15.0 Å². The lowest BCUT2D eigenvalue weighted by atomic mass is 9.94. The van der Waals surface area contributed by atoms with Gasteiger partial charge in [0.15, 0.2) is 11.0 Å². The number of fused-ring (bicyclic) bond motifs is 4. The van der Waals surface area contributed by atoms with Crippen LogP contribution in [0.15, 0.2) is 6.20 Å². The number of primary amides is 1. The summed E-state index contributed by atoms with van der Waals surface area (Å²) in [5.41, 5.74) is 5.42. The maximum atomic E-state index is 15.0. The SMILES string of the molecule is NC(=O)OC1C2CCC1CN(c1nc(OCC34CCCN3CCC4)nc3c(F)c(Cl)ncc13)C2. The minimum Gasteiger partial charge on any atom is -0.461 e. The number of ether oxygens (including phenoxy) is 2. The highest BCUT2D eigenvalue weighted by atomic mass is 35.5. The number of carbonyl (C=O) groups is 1. The molecule has 1 amide bonds. The molecule has 2 unspecified atom stereocenters. The van der Waals surface area contributed by atoms with Crippen LogP contribution in [-0.4, -0.2) is 70.4 Å². The second kappa shape index (κ2) is 8.34. The topological polar surface area (TPSA) is 107 Å². The van der Waals surface area contributed by atoms with Crippen molar-refractivity contribution >= 4 is 34.4 Å². The van der Waals surface area contributed by atoms with Crippen LogP contribution in [0.2, 0.25) is 5.15 Å². The van der Waals surface area contributed by atoms with Gasteiger partial charge in [-0.2, -0.15) is 9.97 Å². The van der Waals surface area contributed by atoms with Crippen molar-refractivity contribution in [3.8, 4) is 6.01 Å². The Morgan fingerprint density at radius 2 is 1.91 bits per heavy atom. The van der Waals surface area contributed by atoms with Gasteiger partial charge in [0.25, 0.3) is 0 Å². The van der Waals surface area contributed by atoms with Crippen LogP contribution in [-0.2, 0) is 4.74 Å². The lowest BCUT2D eigenvalue weighted by Crippen LogP contribution is -2.47. The number of aromatic nitrogens is 3. The highest BCUT2D eigenvalue weighted by molar-refractivity contribution is 6.30. The Kier molecular flexibility index (Phi) is 5.40. The van der Waals surface area contributed by atoms with E-state index in [1.165, 1.54) is 6.20 Å². The van der Waals surface area contributed by atoms with Crippen molar-refractivity contribution in [1.29, 1.82) is 0 Å². The van der Waals surface area contributed by atoms with Crippen molar-refractivity contribution < 1.29 is 18.7 Å². The summed E-state index contributed by atoms with van der Waals surface area (Å²) >= 11 is 5.99. The van der Waals surface area contributed by atoms with Crippen molar-refractivity contribution in [3.63, 3.8) is 0 Å². The van der Waals surface area contributed by atoms with Crippen LogP contribution in [0.1, 0.15) is 38.5 Å². The highest BCUT2D eigenvalue weighted by Gasteiger charge is 2.46. The van der Waals surface area contributed by atoms with Gasteiger partial charge in [0.2, 0.25) is 0 Å². The number of hydrogen-bond acceptors (Lipinski definition) is 8.